The topological polar surface area (TPSA) is 88.1 Å². The van der Waals surface area contributed by atoms with E-state index >= 15 is 0 Å². The molecule has 1 rings (SSSR count). The minimum Gasteiger partial charge on any atom is -0.465 e. The fourth-order valence-corrected chi connectivity index (χ4v) is 2.29. The zero-order chi connectivity index (χ0) is 21.3. The van der Waals surface area contributed by atoms with Crippen molar-refractivity contribution in [2.24, 2.45) is 0 Å². The lowest BCUT2D eigenvalue weighted by molar-refractivity contribution is -0.158. The molecule has 0 amide bonds. The number of benzene rings is 1. The van der Waals surface area contributed by atoms with Gasteiger partial charge < -0.3 is 18.9 Å². The van der Waals surface area contributed by atoms with Gasteiger partial charge in [-0.2, -0.15) is 0 Å². The number of rotatable bonds is 15. The average Bonchev–Trinajstić information content (AvgIpc) is 2.73. The molecule has 0 atom stereocenters. The third-order valence-electron chi connectivity index (χ3n) is 3.86. The first-order chi connectivity index (χ1) is 14.0. The highest BCUT2D eigenvalue weighted by Gasteiger charge is 2.16. The van der Waals surface area contributed by atoms with Gasteiger partial charge in [-0.1, -0.05) is 43.3 Å². The van der Waals surface area contributed by atoms with E-state index in [4.69, 9.17) is 18.9 Å². The van der Waals surface area contributed by atoms with Gasteiger partial charge in [0.1, 0.15) is 6.61 Å². The van der Waals surface area contributed by atoms with Gasteiger partial charge in [-0.25, -0.2) is 9.59 Å². The number of carbonyl (C=O) groups excluding carboxylic acids is 3. The van der Waals surface area contributed by atoms with Crippen molar-refractivity contribution < 1.29 is 33.3 Å². The highest BCUT2D eigenvalue weighted by Crippen LogP contribution is 2.06. The van der Waals surface area contributed by atoms with Gasteiger partial charge in [-0.3, -0.25) is 4.79 Å². The smallest absolute Gasteiger partial charge is 0.344 e. The highest BCUT2D eigenvalue weighted by atomic mass is 16.6. The van der Waals surface area contributed by atoms with Gasteiger partial charge in [-0.15, -0.1) is 0 Å². The van der Waals surface area contributed by atoms with Crippen molar-refractivity contribution in [2.45, 2.75) is 45.6 Å². The van der Waals surface area contributed by atoms with Crippen LogP contribution in [0.1, 0.15) is 44.6 Å². The Hall–Kier alpha value is -2.67. The molecular weight excluding hydrogens is 376 g/mol. The molecule has 160 valence electrons. The zero-order valence-electron chi connectivity index (χ0n) is 17.0. The second-order valence-electron chi connectivity index (χ2n) is 6.33. The lowest BCUT2D eigenvalue weighted by atomic mass is 10.2. The molecule has 0 aliphatic carbocycles. The molecule has 0 saturated heterocycles. The average molecular weight is 406 g/mol. The van der Waals surface area contributed by atoms with Gasteiger partial charge in [0.25, 0.3) is 0 Å². The number of unbranched alkanes of at least 4 members (excludes halogenated alkanes) is 3. The van der Waals surface area contributed by atoms with Crippen LogP contribution in [0.15, 0.2) is 42.5 Å². The Bertz CT molecular complexity index is 640. The van der Waals surface area contributed by atoms with Crippen molar-refractivity contribution in [3.63, 3.8) is 0 Å². The first-order valence-corrected chi connectivity index (χ1v) is 9.80. The summed E-state index contributed by atoms with van der Waals surface area (Å²) in [4.78, 5) is 35.2. The number of esters is 3. The second-order valence-corrected chi connectivity index (χ2v) is 6.33. The highest BCUT2D eigenvalue weighted by molar-refractivity contribution is 5.94. The van der Waals surface area contributed by atoms with Crippen molar-refractivity contribution in [1.82, 2.24) is 0 Å². The number of ether oxygens (including phenoxy) is 4. The summed E-state index contributed by atoms with van der Waals surface area (Å²) < 4.78 is 20.1. The van der Waals surface area contributed by atoms with Crippen molar-refractivity contribution in [2.75, 3.05) is 26.4 Å². The van der Waals surface area contributed by atoms with Crippen LogP contribution < -0.4 is 0 Å². The summed E-state index contributed by atoms with van der Waals surface area (Å²) >= 11 is 0. The molecule has 0 saturated carbocycles. The maximum absolute atomic E-state index is 11.8. The van der Waals surface area contributed by atoms with E-state index in [-0.39, 0.29) is 18.6 Å². The molecule has 0 N–H and O–H groups in total. The summed E-state index contributed by atoms with van der Waals surface area (Å²) in [6.45, 7) is 6.79. The van der Waals surface area contributed by atoms with E-state index < -0.39 is 24.5 Å². The van der Waals surface area contributed by atoms with Gasteiger partial charge in [-0.05, 0) is 31.7 Å². The molecule has 0 heterocycles. The van der Waals surface area contributed by atoms with Crippen LogP contribution in [0.3, 0.4) is 0 Å². The maximum Gasteiger partial charge on any atom is 0.344 e. The Labute approximate surface area is 172 Å². The molecule has 0 spiro atoms. The van der Waals surface area contributed by atoms with Crippen molar-refractivity contribution in [3.8, 4) is 0 Å². The van der Waals surface area contributed by atoms with Crippen LogP contribution in [0.2, 0.25) is 0 Å². The van der Waals surface area contributed by atoms with Crippen LogP contribution >= 0.6 is 0 Å². The summed E-state index contributed by atoms with van der Waals surface area (Å²) in [5.74, 6) is -2.05. The van der Waals surface area contributed by atoms with Crippen LogP contribution in [0.4, 0.5) is 0 Å². The molecule has 0 unspecified atom stereocenters. The molecular formula is C22H30O7. The van der Waals surface area contributed by atoms with E-state index in [9.17, 15) is 14.4 Å². The lowest BCUT2D eigenvalue weighted by Gasteiger charge is -2.08. The fourth-order valence-electron chi connectivity index (χ4n) is 2.29. The van der Waals surface area contributed by atoms with Gasteiger partial charge in [0, 0.05) is 18.8 Å². The standard InChI is InChI=1S/C22H30O7/c1-3-26-13-9-4-5-10-14-27-20(23)15-18(2)22(25)29-17-21(24)28-16-19-11-7-6-8-12-19/h6-8,11-12H,2-5,9-10,13-17H2,1H3. The van der Waals surface area contributed by atoms with E-state index in [1.54, 1.807) is 0 Å². The summed E-state index contributed by atoms with van der Waals surface area (Å²) in [6, 6.07) is 9.14. The van der Waals surface area contributed by atoms with E-state index in [1.807, 2.05) is 37.3 Å². The van der Waals surface area contributed by atoms with E-state index in [1.165, 1.54) is 0 Å². The predicted octanol–water partition coefficient (Wildman–Crippen LogP) is 3.36. The van der Waals surface area contributed by atoms with Gasteiger partial charge in [0.2, 0.25) is 0 Å². The SMILES string of the molecule is C=C(CC(=O)OCCCCCCOCC)C(=O)OCC(=O)OCc1ccccc1. The van der Waals surface area contributed by atoms with Crippen molar-refractivity contribution in [1.29, 1.82) is 0 Å². The number of hydrogen-bond acceptors (Lipinski definition) is 7. The molecule has 1 aromatic rings. The molecule has 0 radical (unpaired) electrons. The quantitative estimate of drug-likeness (QED) is 0.191. The monoisotopic (exact) mass is 406 g/mol. The van der Waals surface area contributed by atoms with Crippen LogP contribution in [0.25, 0.3) is 0 Å². The van der Waals surface area contributed by atoms with Gasteiger partial charge >= 0.3 is 17.9 Å². The Morgan fingerprint density at radius 3 is 2.24 bits per heavy atom. The van der Waals surface area contributed by atoms with Gasteiger partial charge in [0.05, 0.1) is 13.0 Å². The summed E-state index contributed by atoms with van der Waals surface area (Å²) in [6.07, 6.45) is 3.41. The van der Waals surface area contributed by atoms with Crippen LogP contribution in [0.5, 0.6) is 0 Å². The molecule has 0 aliphatic rings. The fraction of sp³-hybridized carbons (Fsp3) is 0.500. The molecule has 0 fully saturated rings. The first kappa shape index (κ1) is 24.4. The van der Waals surface area contributed by atoms with Crippen molar-refractivity contribution >= 4 is 17.9 Å². The molecule has 29 heavy (non-hydrogen) atoms. The molecule has 0 aromatic heterocycles. The number of hydrogen-bond donors (Lipinski definition) is 0. The van der Waals surface area contributed by atoms with Crippen LogP contribution in [-0.2, 0) is 39.9 Å². The second kappa shape index (κ2) is 15.3. The molecule has 7 nitrogen and oxygen atoms in total. The predicted molar refractivity (Wildman–Crippen MR) is 107 cm³/mol. The zero-order valence-corrected chi connectivity index (χ0v) is 17.0. The van der Waals surface area contributed by atoms with E-state index in [0.717, 1.165) is 44.5 Å². The third kappa shape index (κ3) is 12.4. The summed E-state index contributed by atoms with van der Waals surface area (Å²) in [5, 5.41) is 0. The summed E-state index contributed by atoms with van der Waals surface area (Å²) in [7, 11) is 0. The maximum atomic E-state index is 11.8. The minimum absolute atomic E-state index is 0.0671. The molecule has 0 bridgehead atoms. The van der Waals surface area contributed by atoms with E-state index in [0.29, 0.717) is 6.61 Å². The molecule has 7 heteroatoms. The summed E-state index contributed by atoms with van der Waals surface area (Å²) in [5.41, 5.74) is 0.760. The largest absolute Gasteiger partial charge is 0.465 e. The lowest BCUT2D eigenvalue weighted by Crippen LogP contribution is -2.19. The van der Waals surface area contributed by atoms with Gasteiger partial charge in [0.15, 0.2) is 6.61 Å². The third-order valence-corrected chi connectivity index (χ3v) is 3.86. The molecule has 0 aliphatic heterocycles. The normalized spacial score (nSPS) is 10.2. The number of carbonyl (C=O) groups is 3. The van der Waals surface area contributed by atoms with E-state index in [2.05, 4.69) is 6.58 Å². The van der Waals surface area contributed by atoms with Crippen LogP contribution in [0, 0.1) is 0 Å². The Morgan fingerprint density at radius 2 is 1.55 bits per heavy atom. The van der Waals surface area contributed by atoms with Crippen molar-refractivity contribution in [3.05, 3.63) is 48.0 Å². The first-order valence-electron chi connectivity index (χ1n) is 9.80. The Morgan fingerprint density at radius 1 is 0.862 bits per heavy atom. The minimum atomic E-state index is -0.825. The Kier molecular flexibility index (Phi) is 12.8. The Balaban J connectivity index is 2.09. The molecule has 1 aromatic carbocycles. The van der Waals surface area contributed by atoms with Crippen LogP contribution in [-0.4, -0.2) is 44.3 Å².